The lowest BCUT2D eigenvalue weighted by Gasteiger charge is -1.99. The monoisotopic (exact) mass is 327 g/mol. The number of benzene rings is 2. The van der Waals surface area contributed by atoms with Crippen molar-refractivity contribution in [3.05, 3.63) is 79.3 Å². The molecular formula is C16H10ClN3O3. The summed E-state index contributed by atoms with van der Waals surface area (Å²) in [7, 11) is 0. The van der Waals surface area contributed by atoms with Crippen molar-refractivity contribution in [1.29, 1.82) is 0 Å². The van der Waals surface area contributed by atoms with Crippen LogP contribution in [0.2, 0.25) is 5.02 Å². The lowest BCUT2D eigenvalue weighted by atomic mass is 10.2. The zero-order valence-corrected chi connectivity index (χ0v) is 12.4. The molecule has 0 saturated carbocycles. The summed E-state index contributed by atoms with van der Waals surface area (Å²) in [6, 6.07) is 11.5. The van der Waals surface area contributed by atoms with Crippen LogP contribution in [0.15, 0.2) is 47.3 Å². The summed E-state index contributed by atoms with van der Waals surface area (Å²) in [6.45, 7) is 0. The topological polar surface area (TPSA) is 88.9 Å². The van der Waals surface area contributed by atoms with E-state index in [2.05, 4.69) is 9.97 Å². The Kier molecular flexibility index (Phi) is 3.91. The van der Waals surface area contributed by atoms with E-state index in [1.807, 2.05) is 0 Å². The number of fused-ring (bicyclic) bond motifs is 1. The van der Waals surface area contributed by atoms with Crippen LogP contribution in [0.4, 0.5) is 5.69 Å². The van der Waals surface area contributed by atoms with E-state index in [-0.39, 0.29) is 16.3 Å². The quantitative estimate of drug-likeness (QED) is 0.587. The summed E-state index contributed by atoms with van der Waals surface area (Å²) in [5, 5.41) is 11.5. The predicted molar refractivity (Wildman–Crippen MR) is 89.4 cm³/mol. The summed E-state index contributed by atoms with van der Waals surface area (Å²) in [5.41, 5.74) is 0.751. The molecule has 0 spiro atoms. The van der Waals surface area contributed by atoms with Gasteiger partial charge in [-0.25, -0.2) is 4.98 Å². The Morgan fingerprint density at radius 2 is 1.96 bits per heavy atom. The zero-order chi connectivity index (χ0) is 16.4. The van der Waals surface area contributed by atoms with Crippen LogP contribution in [0.1, 0.15) is 11.4 Å². The van der Waals surface area contributed by atoms with Crippen molar-refractivity contribution >= 4 is 40.3 Å². The molecule has 3 rings (SSSR count). The first-order chi connectivity index (χ1) is 11.0. The number of H-pyrrole nitrogens is 1. The maximum Gasteiger partial charge on any atom is 0.288 e. The molecule has 1 N–H and O–H groups in total. The number of aromatic amines is 1. The van der Waals surface area contributed by atoms with Crippen LogP contribution >= 0.6 is 11.6 Å². The molecule has 7 heteroatoms. The van der Waals surface area contributed by atoms with E-state index in [0.29, 0.717) is 22.3 Å². The van der Waals surface area contributed by atoms with Gasteiger partial charge in [0, 0.05) is 6.07 Å². The first kappa shape index (κ1) is 14.9. The molecule has 0 radical (unpaired) electrons. The first-order valence-electron chi connectivity index (χ1n) is 6.66. The van der Waals surface area contributed by atoms with Crippen molar-refractivity contribution in [1.82, 2.24) is 9.97 Å². The van der Waals surface area contributed by atoms with Gasteiger partial charge in [-0.1, -0.05) is 35.9 Å². The Morgan fingerprint density at radius 1 is 1.17 bits per heavy atom. The Labute approximate surface area is 135 Å². The number of nitrogens with one attached hydrogen (secondary N) is 1. The number of nitrogens with zero attached hydrogens (tertiary/aromatic N) is 2. The minimum atomic E-state index is -0.546. The fourth-order valence-corrected chi connectivity index (χ4v) is 2.32. The molecular weight excluding hydrogens is 318 g/mol. The van der Waals surface area contributed by atoms with E-state index >= 15 is 0 Å². The predicted octanol–water partition coefficient (Wildman–Crippen LogP) is 3.66. The molecule has 3 aromatic rings. The number of nitro benzene ring substituents is 1. The minimum absolute atomic E-state index is 0.0735. The minimum Gasteiger partial charge on any atom is -0.306 e. The molecule has 114 valence electrons. The molecule has 1 aromatic heterocycles. The van der Waals surface area contributed by atoms with Gasteiger partial charge in [-0.2, -0.15) is 0 Å². The summed E-state index contributed by atoms with van der Waals surface area (Å²) in [4.78, 5) is 29.3. The van der Waals surface area contributed by atoms with Gasteiger partial charge in [0.1, 0.15) is 10.8 Å². The SMILES string of the molecule is O=c1[nH]c(C=Cc2ccc(Cl)c([N+](=O)[O-])c2)nc2ccccc12. The molecule has 0 saturated heterocycles. The van der Waals surface area contributed by atoms with E-state index in [1.165, 1.54) is 12.1 Å². The Balaban J connectivity index is 1.99. The van der Waals surface area contributed by atoms with Gasteiger partial charge in [-0.05, 0) is 29.8 Å². The average molecular weight is 328 g/mol. The molecule has 0 bridgehead atoms. The van der Waals surface area contributed by atoms with Gasteiger partial charge in [0.05, 0.1) is 15.8 Å². The Hall–Kier alpha value is -2.99. The molecule has 0 unspecified atom stereocenters. The second kappa shape index (κ2) is 6.02. The van der Waals surface area contributed by atoms with E-state index in [4.69, 9.17) is 11.6 Å². The van der Waals surface area contributed by atoms with Gasteiger partial charge in [0.25, 0.3) is 11.2 Å². The highest BCUT2D eigenvalue weighted by Crippen LogP contribution is 2.25. The van der Waals surface area contributed by atoms with Gasteiger partial charge in [-0.15, -0.1) is 0 Å². The summed E-state index contributed by atoms with van der Waals surface area (Å²) in [5.74, 6) is 0.367. The van der Waals surface area contributed by atoms with E-state index in [1.54, 1.807) is 42.5 Å². The van der Waals surface area contributed by atoms with Crippen molar-refractivity contribution in [2.45, 2.75) is 0 Å². The van der Waals surface area contributed by atoms with Gasteiger partial charge in [-0.3, -0.25) is 14.9 Å². The van der Waals surface area contributed by atoms with Crippen LogP contribution in [0.3, 0.4) is 0 Å². The zero-order valence-electron chi connectivity index (χ0n) is 11.7. The van der Waals surface area contributed by atoms with Gasteiger partial charge in [0.2, 0.25) is 0 Å². The maximum atomic E-state index is 12.0. The largest absolute Gasteiger partial charge is 0.306 e. The average Bonchev–Trinajstić information content (AvgIpc) is 2.54. The van der Waals surface area contributed by atoms with Crippen molar-refractivity contribution in [2.75, 3.05) is 0 Å². The van der Waals surface area contributed by atoms with Crippen molar-refractivity contribution in [3.8, 4) is 0 Å². The van der Waals surface area contributed by atoms with Crippen molar-refractivity contribution in [2.24, 2.45) is 0 Å². The number of aromatic nitrogens is 2. The number of hydrogen-bond donors (Lipinski definition) is 1. The molecule has 0 aliphatic rings. The second-order valence-corrected chi connectivity index (χ2v) is 5.18. The molecule has 0 aliphatic heterocycles. The molecule has 23 heavy (non-hydrogen) atoms. The lowest BCUT2D eigenvalue weighted by molar-refractivity contribution is -0.384. The smallest absolute Gasteiger partial charge is 0.288 e. The normalized spacial score (nSPS) is 11.2. The fraction of sp³-hybridized carbons (Fsp3) is 0. The molecule has 2 aromatic carbocycles. The van der Waals surface area contributed by atoms with Crippen molar-refractivity contribution < 1.29 is 4.92 Å². The van der Waals surface area contributed by atoms with Crippen LogP contribution < -0.4 is 5.56 Å². The van der Waals surface area contributed by atoms with Crippen LogP contribution in [-0.2, 0) is 0 Å². The highest BCUT2D eigenvalue weighted by atomic mass is 35.5. The van der Waals surface area contributed by atoms with Crippen LogP contribution in [-0.4, -0.2) is 14.9 Å². The van der Waals surface area contributed by atoms with E-state index in [9.17, 15) is 14.9 Å². The van der Waals surface area contributed by atoms with E-state index in [0.717, 1.165) is 0 Å². The molecule has 6 nitrogen and oxygen atoms in total. The Bertz CT molecular complexity index is 995. The third kappa shape index (κ3) is 3.12. The molecule has 0 fully saturated rings. The molecule has 0 atom stereocenters. The lowest BCUT2D eigenvalue weighted by Crippen LogP contribution is -2.09. The van der Waals surface area contributed by atoms with Crippen molar-refractivity contribution in [3.63, 3.8) is 0 Å². The van der Waals surface area contributed by atoms with Gasteiger partial charge < -0.3 is 4.98 Å². The number of halogens is 1. The number of nitro groups is 1. The van der Waals surface area contributed by atoms with Gasteiger partial charge in [0.15, 0.2) is 0 Å². The number of para-hydroxylation sites is 1. The van der Waals surface area contributed by atoms with Crippen LogP contribution in [0.25, 0.3) is 23.1 Å². The maximum absolute atomic E-state index is 12.0. The van der Waals surface area contributed by atoms with E-state index < -0.39 is 4.92 Å². The third-order valence-corrected chi connectivity index (χ3v) is 3.55. The molecule has 1 heterocycles. The van der Waals surface area contributed by atoms with Crippen LogP contribution in [0, 0.1) is 10.1 Å². The first-order valence-corrected chi connectivity index (χ1v) is 7.03. The Morgan fingerprint density at radius 3 is 2.74 bits per heavy atom. The second-order valence-electron chi connectivity index (χ2n) is 4.77. The molecule has 0 aliphatic carbocycles. The van der Waals surface area contributed by atoms with Crippen LogP contribution in [0.5, 0.6) is 0 Å². The highest BCUT2D eigenvalue weighted by molar-refractivity contribution is 6.32. The summed E-state index contributed by atoms with van der Waals surface area (Å²) >= 11 is 5.77. The summed E-state index contributed by atoms with van der Waals surface area (Å²) < 4.78 is 0. The highest BCUT2D eigenvalue weighted by Gasteiger charge is 2.11. The summed E-state index contributed by atoms with van der Waals surface area (Å²) in [6.07, 6.45) is 3.21. The van der Waals surface area contributed by atoms with Gasteiger partial charge >= 0.3 is 0 Å². The number of rotatable bonds is 3. The fourth-order valence-electron chi connectivity index (χ4n) is 2.13. The molecule has 0 amide bonds. The standard InChI is InChI=1S/C16H10ClN3O3/c17-12-7-5-10(9-14(12)20(22)23)6-8-15-18-13-4-2-1-3-11(13)16(21)19-15/h1-9H,(H,18,19,21). The third-order valence-electron chi connectivity index (χ3n) is 3.23. The number of hydrogen-bond acceptors (Lipinski definition) is 4.